The molecule has 0 radical (unpaired) electrons. The van der Waals surface area contributed by atoms with Crippen molar-refractivity contribution >= 4 is 23.1 Å². The lowest BCUT2D eigenvalue weighted by Gasteiger charge is -2.29. The number of carbonyl (C=O) groups excluding carboxylic acids is 2. The van der Waals surface area contributed by atoms with Gasteiger partial charge in [-0.3, -0.25) is 9.59 Å². The van der Waals surface area contributed by atoms with Crippen molar-refractivity contribution in [2.75, 3.05) is 23.3 Å². The highest BCUT2D eigenvalue weighted by Crippen LogP contribution is 2.28. The van der Waals surface area contributed by atoms with Crippen LogP contribution in [-0.2, 0) is 6.54 Å². The summed E-state index contributed by atoms with van der Waals surface area (Å²) in [7, 11) is 0. The van der Waals surface area contributed by atoms with Gasteiger partial charge in [0.15, 0.2) is 5.78 Å². The highest BCUT2D eigenvalue weighted by atomic mass is 16.1. The molecule has 1 fully saturated rings. The number of nitrogens with one attached hydrogen (secondary N) is 1. The van der Waals surface area contributed by atoms with Crippen LogP contribution < -0.4 is 16.0 Å². The quantitative estimate of drug-likeness (QED) is 0.708. The number of benzene rings is 2. The third-order valence-corrected chi connectivity index (χ3v) is 5.93. The molecule has 0 aliphatic carbocycles. The van der Waals surface area contributed by atoms with Gasteiger partial charge >= 0.3 is 0 Å². The Bertz CT molecular complexity index is 944. The summed E-state index contributed by atoms with van der Waals surface area (Å²) in [5.41, 5.74) is 12.9. The molecule has 0 bridgehead atoms. The van der Waals surface area contributed by atoms with E-state index in [1.165, 1.54) is 19.3 Å². The molecule has 1 amide bonds. The fourth-order valence-corrected chi connectivity index (χ4v) is 4.46. The van der Waals surface area contributed by atoms with E-state index in [1.54, 1.807) is 6.92 Å². The van der Waals surface area contributed by atoms with Crippen LogP contribution >= 0.6 is 0 Å². The molecule has 0 spiro atoms. The van der Waals surface area contributed by atoms with Crippen LogP contribution in [0.5, 0.6) is 0 Å². The molecule has 1 heterocycles. The molecule has 29 heavy (non-hydrogen) atoms. The topological polar surface area (TPSA) is 75.4 Å². The maximum atomic E-state index is 12.1. The summed E-state index contributed by atoms with van der Waals surface area (Å²) in [6.07, 6.45) is 3.61. The van der Waals surface area contributed by atoms with E-state index >= 15 is 0 Å². The third kappa shape index (κ3) is 4.44. The minimum Gasteiger partial charge on any atom is -0.380 e. The van der Waals surface area contributed by atoms with Gasteiger partial charge in [-0.1, -0.05) is 6.07 Å². The second-order valence-electron chi connectivity index (χ2n) is 8.04. The third-order valence-electron chi connectivity index (χ3n) is 5.93. The predicted molar refractivity (Wildman–Crippen MR) is 119 cm³/mol. The minimum atomic E-state index is -0.437. The van der Waals surface area contributed by atoms with Gasteiger partial charge in [-0.2, -0.15) is 0 Å². The number of primary amides is 1. The number of nitrogens with two attached hydrogens (primary N) is 1. The van der Waals surface area contributed by atoms with Crippen LogP contribution in [0.15, 0.2) is 24.3 Å². The Labute approximate surface area is 173 Å². The molecule has 0 atom stereocenters. The van der Waals surface area contributed by atoms with Crippen LogP contribution in [0.1, 0.15) is 69.2 Å². The lowest BCUT2D eigenvalue weighted by molar-refractivity contribution is 0.0996. The first-order valence-corrected chi connectivity index (χ1v) is 10.3. The second kappa shape index (κ2) is 8.68. The standard InChI is InChI=1S/C24H31N3O2/c1-15-12-16(2)23(18(4)28)17(3)21(15)14-26-22-9-8-19(13-20(22)24(25)29)27-10-6-5-7-11-27/h8-9,12-13,26H,5-7,10-11,14H2,1-4H3,(H2,25,29). The Kier molecular flexibility index (Phi) is 6.26. The monoisotopic (exact) mass is 393 g/mol. The van der Waals surface area contributed by atoms with Crippen LogP contribution in [0, 0.1) is 20.8 Å². The van der Waals surface area contributed by atoms with Crippen LogP contribution in [0.4, 0.5) is 11.4 Å². The van der Waals surface area contributed by atoms with E-state index in [4.69, 9.17) is 5.73 Å². The molecule has 1 saturated heterocycles. The molecule has 2 aromatic rings. The molecule has 5 nitrogen and oxygen atoms in total. The average molecular weight is 394 g/mol. The zero-order valence-corrected chi connectivity index (χ0v) is 17.9. The molecular weight excluding hydrogens is 362 g/mol. The van der Waals surface area contributed by atoms with Crippen molar-refractivity contribution in [1.82, 2.24) is 0 Å². The second-order valence-corrected chi connectivity index (χ2v) is 8.04. The van der Waals surface area contributed by atoms with Crippen LogP contribution in [0.2, 0.25) is 0 Å². The van der Waals surface area contributed by atoms with Crippen molar-refractivity contribution < 1.29 is 9.59 Å². The molecule has 1 aliphatic rings. The molecule has 0 saturated carbocycles. The van der Waals surface area contributed by atoms with Crippen molar-refractivity contribution in [1.29, 1.82) is 0 Å². The van der Waals surface area contributed by atoms with Crippen LogP contribution in [0.25, 0.3) is 0 Å². The van der Waals surface area contributed by atoms with Gasteiger partial charge in [0, 0.05) is 36.6 Å². The van der Waals surface area contributed by atoms with Gasteiger partial charge in [0.1, 0.15) is 0 Å². The number of hydrogen-bond donors (Lipinski definition) is 2. The van der Waals surface area contributed by atoms with Gasteiger partial charge in [-0.15, -0.1) is 0 Å². The first-order valence-electron chi connectivity index (χ1n) is 10.3. The Morgan fingerprint density at radius 1 is 1.03 bits per heavy atom. The first kappa shape index (κ1) is 20.9. The number of carbonyl (C=O) groups is 2. The molecule has 3 N–H and O–H groups in total. The lowest BCUT2D eigenvalue weighted by Crippen LogP contribution is -2.29. The number of anilines is 2. The van der Waals surface area contributed by atoms with Crippen molar-refractivity contribution in [2.45, 2.75) is 53.5 Å². The molecule has 0 unspecified atom stereocenters. The molecule has 154 valence electrons. The number of aryl methyl sites for hydroxylation is 2. The molecule has 0 aromatic heterocycles. The van der Waals surface area contributed by atoms with Gasteiger partial charge in [-0.05, 0) is 87.4 Å². The Hall–Kier alpha value is -2.82. The van der Waals surface area contributed by atoms with Crippen molar-refractivity contribution in [2.24, 2.45) is 5.73 Å². The highest BCUT2D eigenvalue weighted by Gasteiger charge is 2.17. The molecular formula is C24H31N3O2. The van der Waals surface area contributed by atoms with E-state index in [2.05, 4.69) is 29.3 Å². The van der Waals surface area contributed by atoms with Gasteiger partial charge in [0.25, 0.3) is 5.91 Å². The number of Topliss-reactive ketones (excluding diaryl/α,β-unsaturated/α-hetero) is 1. The number of rotatable bonds is 6. The summed E-state index contributed by atoms with van der Waals surface area (Å²) in [6, 6.07) is 7.94. The number of nitrogens with zero attached hydrogens (tertiary/aromatic N) is 1. The predicted octanol–water partition coefficient (Wildman–Crippen LogP) is 4.52. The van der Waals surface area contributed by atoms with Crippen molar-refractivity contribution in [3.05, 3.63) is 57.6 Å². The van der Waals surface area contributed by atoms with Gasteiger partial charge in [-0.25, -0.2) is 0 Å². The SMILES string of the molecule is CC(=O)c1c(C)cc(C)c(CNc2ccc(N3CCCCC3)cc2C(N)=O)c1C. The van der Waals surface area contributed by atoms with E-state index in [0.717, 1.165) is 52.3 Å². The smallest absolute Gasteiger partial charge is 0.250 e. The first-order chi connectivity index (χ1) is 13.8. The van der Waals surface area contributed by atoms with Crippen molar-refractivity contribution in [3.63, 3.8) is 0 Å². The zero-order chi connectivity index (χ0) is 21.1. The van der Waals surface area contributed by atoms with Crippen LogP contribution in [-0.4, -0.2) is 24.8 Å². The summed E-state index contributed by atoms with van der Waals surface area (Å²) >= 11 is 0. The fourth-order valence-electron chi connectivity index (χ4n) is 4.46. The van der Waals surface area contributed by atoms with E-state index < -0.39 is 5.91 Å². The van der Waals surface area contributed by atoms with Crippen LogP contribution in [0.3, 0.4) is 0 Å². The van der Waals surface area contributed by atoms with Gasteiger partial charge < -0.3 is 16.0 Å². The molecule has 1 aliphatic heterocycles. The maximum absolute atomic E-state index is 12.1. The molecule has 5 heteroatoms. The number of piperidine rings is 1. The Balaban J connectivity index is 1.88. The summed E-state index contributed by atoms with van der Waals surface area (Å²) < 4.78 is 0. The zero-order valence-electron chi connectivity index (χ0n) is 17.9. The fraction of sp³-hybridized carbons (Fsp3) is 0.417. The highest BCUT2D eigenvalue weighted by molar-refractivity contribution is 6.00. The Morgan fingerprint density at radius 2 is 1.72 bits per heavy atom. The van der Waals surface area contributed by atoms with E-state index in [0.29, 0.717) is 12.1 Å². The summed E-state index contributed by atoms with van der Waals surface area (Å²) in [5, 5.41) is 3.38. The number of amides is 1. The van der Waals surface area contributed by atoms with Gasteiger partial charge in [0.2, 0.25) is 0 Å². The Morgan fingerprint density at radius 3 is 2.34 bits per heavy atom. The van der Waals surface area contributed by atoms with Gasteiger partial charge in [0.05, 0.1) is 5.56 Å². The lowest BCUT2D eigenvalue weighted by atomic mass is 9.91. The van der Waals surface area contributed by atoms with Crippen molar-refractivity contribution in [3.8, 4) is 0 Å². The molecule has 3 rings (SSSR count). The maximum Gasteiger partial charge on any atom is 0.250 e. The van der Waals surface area contributed by atoms with E-state index in [9.17, 15) is 9.59 Å². The number of ketones is 1. The number of hydrogen-bond acceptors (Lipinski definition) is 4. The normalized spacial score (nSPS) is 14.0. The summed E-state index contributed by atoms with van der Waals surface area (Å²) in [5.74, 6) is -0.363. The minimum absolute atomic E-state index is 0.0740. The largest absolute Gasteiger partial charge is 0.380 e. The van der Waals surface area contributed by atoms with E-state index in [-0.39, 0.29) is 5.78 Å². The summed E-state index contributed by atoms with van der Waals surface area (Å²) in [4.78, 5) is 26.5. The van der Waals surface area contributed by atoms with E-state index in [1.807, 2.05) is 26.0 Å². The average Bonchev–Trinajstić information content (AvgIpc) is 2.67. The summed E-state index contributed by atoms with van der Waals surface area (Å²) in [6.45, 7) is 10.2. The molecule has 2 aromatic carbocycles.